The van der Waals surface area contributed by atoms with Gasteiger partial charge in [-0.1, -0.05) is 27.4 Å². The van der Waals surface area contributed by atoms with Gasteiger partial charge >= 0.3 is 0 Å². The van der Waals surface area contributed by atoms with Gasteiger partial charge in [0.05, 0.1) is 5.83 Å². The average Bonchev–Trinajstić information content (AvgIpc) is 1.63. The molecule has 0 nitrogen and oxygen atoms in total. The standard InChI is InChI=1S/C8H15F/c1-6(2)5-7(3)8(4)9/h6-7H,4-5H2,1-3H3. The van der Waals surface area contributed by atoms with E-state index in [1.54, 1.807) is 0 Å². The van der Waals surface area contributed by atoms with Gasteiger partial charge in [0, 0.05) is 5.92 Å². The van der Waals surface area contributed by atoms with Crippen molar-refractivity contribution in [2.45, 2.75) is 27.2 Å². The van der Waals surface area contributed by atoms with Gasteiger partial charge in [-0.3, -0.25) is 0 Å². The fourth-order valence-electron chi connectivity index (χ4n) is 0.835. The molecular weight excluding hydrogens is 115 g/mol. The first-order chi connectivity index (χ1) is 4.04. The van der Waals surface area contributed by atoms with Gasteiger partial charge in [-0.05, 0) is 12.3 Å². The molecule has 1 unspecified atom stereocenters. The van der Waals surface area contributed by atoms with Crippen LogP contribution in [0.3, 0.4) is 0 Å². The van der Waals surface area contributed by atoms with E-state index in [4.69, 9.17) is 0 Å². The molecule has 0 spiro atoms. The number of hydrogen-bond donors (Lipinski definition) is 0. The molecule has 0 aliphatic carbocycles. The normalized spacial score (nSPS) is 13.9. The summed E-state index contributed by atoms with van der Waals surface area (Å²) in [6, 6.07) is 0. The van der Waals surface area contributed by atoms with Gasteiger partial charge < -0.3 is 0 Å². The largest absolute Gasteiger partial charge is 0.212 e. The Balaban J connectivity index is 3.50. The molecule has 0 aromatic rings. The van der Waals surface area contributed by atoms with Crippen molar-refractivity contribution < 1.29 is 4.39 Å². The van der Waals surface area contributed by atoms with E-state index < -0.39 is 0 Å². The fraction of sp³-hybridized carbons (Fsp3) is 0.750. The summed E-state index contributed by atoms with van der Waals surface area (Å²) in [7, 11) is 0. The van der Waals surface area contributed by atoms with Gasteiger partial charge in [0.25, 0.3) is 0 Å². The first kappa shape index (κ1) is 8.67. The highest BCUT2D eigenvalue weighted by Gasteiger charge is 2.06. The van der Waals surface area contributed by atoms with Crippen LogP contribution in [0.1, 0.15) is 27.2 Å². The van der Waals surface area contributed by atoms with E-state index in [1.165, 1.54) is 0 Å². The second kappa shape index (κ2) is 3.65. The quantitative estimate of drug-likeness (QED) is 0.550. The fourth-order valence-corrected chi connectivity index (χ4v) is 0.835. The highest BCUT2D eigenvalue weighted by Crippen LogP contribution is 2.18. The summed E-state index contributed by atoms with van der Waals surface area (Å²) in [5.41, 5.74) is 0. The molecule has 0 fully saturated rings. The number of hydrogen-bond acceptors (Lipinski definition) is 0. The minimum Gasteiger partial charge on any atom is -0.212 e. The van der Waals surface area contributed by atoms with Crippen LogP contribution in [0, 0.1) is 11.8 Å². The van der Waals surface area contributed by atoms with Crippen molar-refractivity contribution in [2.24, 2.45) is 11.8 Å². The smallest absolute Gasteiger partial charge is 0.0956 e. The minimum absolute atomic E-state index is 0.0324. The Morgan fingerprint density at radius 3 is 2.00 bits per heavy atom. The molecule has 0 aromatic heterocycles. The number of allylic oxidation sites excluding steroid dienone is 1. The number of rotatable bonds is 3. The zero-order valence-corrected chi connectivity index (χ0v) is 6.45. The summed E-state index contributed by atoms with van der Waals surface area (Å²) in [5.74, 6) is 0.404. The minimum atomic E-state index is -0.191. The van der Waals surface area contributed by atoms with Crippen molar-refractivity contribution in [1.29, 1.82) is 0 Å². The maximum atomic E-state index is 12.3. The van der Waals surface area contributed by atoms with E-state index in [-0.39, 0.29) is 11.7 Å². The third-order valence-electron chi connectivity index (χ3n) is 1.36. The highest BCUT2D eigenvalue weighted by molar-refractivity contribution is 4.86. The Morgan fingerprint density at radius 1 is 1.44 bits per heavy atom. The first-order valence-corrected chi connectivity index (χ1v) is 3.38. The van der Waals surface area contributed by atoms with Crippen LogP contribution in [0.4, 0.5) is 4.39 Å². The van der Waals surface area contributed by atoms with E-state index in [9.17, 15) is 4.39 Å². The van der Waals surface area contributed by atoms with Crippen molar-refractivity contribution in [3.8, 4) is 0 Å². The zero-order chi connectivity index (χ0) is 7.44. The predicted octanol–water partition coefficient (Wildman–Crippen LogP) is 3.15. The highest BCUT2D eigenvalue weighted by atomic mass is 19.1. The van der Waals surface area contributed by atoms with E-state index in [2.05, 4.69) is 20.4 Å². The Morgan fingerprint density at radius 2 is 1.89 bits per heavy atom. The van der Waals surface area contributed by atoms with Gasteiger partial charge in [0.15, 0.2) is 0 Å². The third kappa shape index (κ3) is 4.19. The van der Waals surface area contributed by atoms with Crippen LogP contribution < -0.4 is 0 Å². The molecule has 0 bridgehead atoms. The lowest BCUT2D eigenvalue weighted by molar-refractivity contribution is 0.415. The third-order valence-corrected chi connectivity index (χ3v) is 1.36. The molecule has 0 saturated carbocycles. The molecule has 1 atom stereocenters. The van der Waals surface area contributed by atoms with E-state index in [1.807, 2.05) is 6.92 Å². The molecule has 0 aliphatic heterocycles. The summed E-state index contributed by atoms with van der Waals surface area (Å²) < 4.78 is 12.3. The summed E-state index contributed by atoms with van der Waals surface area (Å²) in [4.78, 5) is 0. The maximum absolute atomic E-state index is 12.3. The average molecular weight is 130 g/mol. The van der Waals surface area contributed by atoms with Crippen molar-refractivity contribution in [3.63, 3.8) is 0 Å². The first-order valence-electron chi connectivity index (χ1n) is 3.38. The molecule has 0 radical (unpaired) electrons. The lowest BCUT2D eigenvalue weighted by atomic mass is 9.98. The van der Waals surface area contributed by atoms with Gasteiger partial charge in [-0.2, -0.15) is 0 Å². The molecular formula is C8H15F. The Labute approximate surface area is 56.8 Å². The van der Waals surface area contributed by atoms with Gasteiger partial charge in [-0.15, -0.1) is 0 Å². The second-order valence-electron chi connectivity index (χ2n) is 2.98. The predicted molar refractivity (Wildman–Crippen MR) is 38.9 cm³/mol. The van der Waals surface area contributed by atoms with Crippen LogP contribution in [-0.4, -0.2) is 0 Å². The van der Waals surface area contributed by atoms with E-state index in [0.717, 1.165) is 6.42 Å². The topological polar surface area (TPSA) is 0 Å². The van der Waals surface area contributed by atoms with Crippen molar-refractivity contribution in [3.05, 3.63) is 12.4 Å². The van der Waals surface area contributed by atoms with Crippen molar-refractivity contribution in [2.75, 3.05) is 0 Å². The van der Waals surface area contributed by atoms with Crippen molar-refractivity contribution >= 4 is 0 Å². The Hall–Kier alpha value is -0.330. The van der Waals surface area contributed by atoms with E-state index >= 15 is 0 Å². The van der Waals surface area contributed by atoms with Gasteiger partial charge in [-0.25, -0.2) is 4.39 Å². The molecule has 0 amide bonds. The molecule has 0 aliphatic rings. The lowest BCUT2D eigenvalue weighted by Gasteiger charge is -2.09. The van der Waals surface area contributed by atoms with Crippen LogP contribution in [0.5, 0.6) is 0 Å². The molecule has 0 aromatic carbocycles. The molecule has 1 heteroatoms. The summed E-state index contributed by atoms with van der Waals surface area (Å²) in [5, 5.41) is 0. The molecule has 9 heavy (non-hydrogen) atoms. The summed E-state index contributed by atoms with van der Waals surface area (Å²) in [6.45, 7) is 9.27. The summed E-state index contributed by atoms with van der Waals surface area (Å²) in [6.07, 6.45) is 0.898. The van der Waals surface area contributed by atoms with E-state index in [0.29, 0.717) is 5.92 Å². The molecule has 0 saturated heterocycles. The van der Waals surface area contributed by atoms with Crippen LogP contribution in [0.25, 0.3) is 0 Å². The van der Waals surface area contributed by atoms with Crippen LogP contribution in [0.2, 0.25) is 0 Å². The Bertz CT molecular complexity index is 94.7. The van der Waals surface area contributed by atoms with Crippen LogP contribution in [0.15, 0.2) is 12.4 Å². The molecule has 0 N–H and O–H groups in total. The van der Waals surface area contributed by atoms with Crippen LogP contribution in [-0.2, 0) is 0 Å². The van der Waals surface area contributed by atoms with Gasteiger partial charge in [0.1, 0.15) is 0 Å². The SMILES string of the molecule is C=C(F)C(C)CC(C)C. The molecule has 0 heterocycles. The number of halogens is 1. The summed E-state index contributed by atoms with van der Waals surface area (Å²) >= 11 is 0. The molecule has 54 valence electrons. The zero-order valence-electron chi connectivity index (χ0n) is 6.45. The lowest BCUT2D eigenvalue weighted by Crippen LogP contribution is -1.99. The molecule has 0 rings (SSSR count). The monoisotopic (exact) mass is 130 g/mol. The Kier molecular flexibility index (Phi) is 3.52. The van der Waals surface area contributed by atoms with Gasteiger partial charge in [0.2, 0.25) is 0 Å². The second-order valence-corrected chi connectivity index (χ2v) is 2.98. The van der Waals surface area contributed by atoms with Crippen molar-refractivity contribution in [1.82, 2.24) is 0 Å². The maximum Gasteiger partial charge on any atom is 0.0956 e. The van der Waals surface area contributed by atoms with Crippen LogP contribution >= 0.6 is 0 Å².